The minimum Gasteiger partial charge on any atom is -0.354 e. The van der Waals surface area contributed by atoms with Crippen molar-refractivity contribution in [2.24, 2.45) is 16.8 Å². The van der Waals surface area contributed by atoms with Crippen molar-refractivity contribution in [3.8, 4) is 0 Å². The first-order valence-corrected chi connectivity index (χ1v) is 8.78. The molecule has 2 N–H and O–H groups in total. The van der Waals surface area contributed by atoms with E-state index in [0.29, 0.717) is 6.04 Å². The van der Waals surface area contributed by atoms with Crippen LogP contribution in [-0.4, -0.2) is 24.0 Å². The standard InChI is InChI=1S/C16H28N4S/c1-11(2)13-5-7-14(8-6-13)20-16(17-4)19-10-15-9-18-12(3)21-15/h9,11,13-14H,5-8,10H2,1-4H3,(H2,17,19,20). The number of nitrogens with one attached hydrogen (secondary N) is 2. The van der Waals surface area contributed by atoms with E-state index in [1.807, 2.05) is 20.2 Å². The van der Waals surface area contributed by atoms with Crippen LogP contribution in [0, 0.1) is 18.8 Å². The number of hydrogen-bond acceptors (Lipinski definition) is 3. The molecule has 5 heteroatoms. The number of hydrogen-bond donors (Lipinski definition) is 2. The van der Waals surface area contributed by atoms with E-state index in [9.17, 15) is 0 Å². The number of guanidine groups is 1. The summed E-state index contributed by atoms with van der Waals surface area (Å²) in [6, 6.07) is 0.564. The second-order valence-corrected chi connectivity index (χ2v) is 7.59. The molecule has 0 spiro atoms. The molecule has 1 aliphatic rings. The van der Waals surface area contributed by atoms with Gasteiger partial charge in [0.25, 0.3) is 0 Å². The zero-order chi connectivity index (χ0) is 15.2. The Balaban J connectivity index is 1.75. The Bertz CT molecular complexity index is 459. The molecule has 0 saturated heterocycles. The van der Waals surface area contributed by atoms with E-state index in [2.05, 4.69) is 34.5 Å². The molecule has 4 nitrogen and oxygen atoms in total. The van der Waals surface area contributed by atoms with Crippen LogP contribution in [0.1, 0.15) is 49.4 Å². The van der Waals surface area contributed by atoms with Crippen LogP contribution in [0.2, 0.25) is 0 Å². The molecular weight excluding hydrogens is 280 g/mol. The number of rotatable bonds is 4. The lowest BCUT2D eigenvalue weighted by Crippen LogP contribution is -2.44. The number of aryl methyl sites for hydroxylation is 1. The molecule has 0 atom stereocenters. The van der Waals surface area contributed by atoms with Gasteiger partial charge in [-0.2, -0.15) is 0 Å². The fourth-order valence-electron chi connectivity index (χ4n) is 2.98. The van der Waals surface area contributed by atoms with Crippen molar-refractivity contribution >= 4 is 17.3 Å². The Labute approximate surface area is 132 Å². The molecule has 1 fully saturated rings. The summed E-state index contributed by atoms with van der Waals surface area (Å²) in [5.41, 5.74) is 0. The van der Waals surface area contributed by atoms with Crippen LogP contribution < -0.4 is 10.6 Å². The third-order valence-corrected chi connectivity index (χ3v) is 5.29. The monoisotopic (exact) mass is 308 g/mol. The second-order valence-electron chi connectivity index (χ2n) is 6.27. The van der Waals surface area contributed by atoms with Crippen molar-refractivity contribution < 1.29 is 0 Å². The maximum atomic E-state index is 4.34. The lowest BCUT2D eigenvalue weighted by atomic mass is 9.80. The number of aliphatic imine (C=N–C) groups is 1. The summed E-state index contributed by atoms with van der Waals surface area (Å²) in [5.74, 6) is 2.63. The van der Waals surface area contributed by atoms with Crippen molar-refractivity contribution in [2.45, 2.75) is 59.0 Å². The molecule has 0 radical (unpaired) electrons. The van der Waals surface area contributed by atoms with E-state index in [1.54, 1.807) is 11.3 Å². The van der Waals surface area contributed by atoms with Crippen molar-refractivity contribution in [3.63, 3.8) is 0 Å². The van der Waals surface area contributed by atoms with Gasteiger partial charge < -0.3 is 10.6 Å². The fraction of sp³-hybridized carbons (Fsp3) is 0.750. The van der Waals surface area contributed by atoms with Crippen LogP contribution in [0.25, 0.3) is 0 Å². The smallest absolute Gasteiger partial charge is 0.191 e. The summed E-state index contributed by atoms with van der Waals surface area (Å²) >= 11 is 1.73. The molecule has 0 unspecified atom stereocenters. The summed E-state index contributed by atoms with van der Waals surface area (Å²) < 4.78 is 0. The Hall–Kier alpha value is -1.10. The average Bonchev–Trinajstić information content (AvgIpc) is 2.89. The van der Waals surface area contributed by atoms with E-state index in [1.165, 1.54) is 30.6 Å². The van der Waals surface area contributed by atoms with E-state index >= 15 is 0 Å². The third kappa shape index (κ3) is 4.99. The van der Waals surface area contributed by atoms with Gasteiger partial charge in [0.05, 0.1) is 11.6 Å². The highest BCUT2D eigenvalue weighted by molar-refractivity contribution is 7.11. The van der Waals surface area contributed by atoms with Gasteiger partial charge in [-0.15, -0.1) is 11.3 Å². The normalized spacial score (nSPS) is 23.4. The Morgan fingerprint density at radius 1 is 1.38 bits per heavy atom. The zero-order valence-electron chi connectivity index (χ0n) is 13.6. The first-order valence-electron chi connectivity index (χ1n) is 7.97. The van der Waals surface area contributed by atoms with Crippen LogP contribution in [0.5, 0.6) is 0 Å². The molecule has 0 aromatic carbocycles. The summed E-state index contributed by atoms with van der Waals surface area (Å²) in [4.78, 5) is 9.86. The van der Waals surface area contributed by atoms with Crippen LogP contribution in [0.15, 0.2) is 11.2 Å². The van der Waals surface area contributed by atoms with Gasteiger partial charge in [-0.1, -0.05) is 13.8 Å². The molecule has 118 valence electrons. The largest absolute Gasteiger partial charge is 0.354 e. The molecule has 1 aromatic heterocycles. The van der Waals surface area contributed by atoms with Crippen LogP contribution >= 0.6 is 11.3 Å². The van der Waals surface area contributed by atoms with Crippen LogP contribution in [0.4, 0.5) is 0 Å². The van der Waals surface area contributed by atoms with Gasteiger partial charge >= 0.3 is 0 Å². The van der Waals surface area contributed by atoms with Gasteiger partial charge in [-0.05, 0) is 44.4 Å². The average molecular weight is 308 g/mol. The van der Waals surface area contributed by atoms with Crippen LogP contribution in [-0.2, 0) is 6.54 Å². The van der Waals surface area contributed by atoms with Gasteiger partial charge in [0.15, 0.2) is 5.96 Å². The van der Waals surface area contributed by atoms with E-state index < -0.39 is 0 Å². The molecule has 0 bridgehead atoms. The summed E-state index contributed by atoms with van der Waals surface area (Å²) in [6.45, 7) is 7.52. The van der Waals surface area contributed by atoms with Crippen LogP contribution in [0.3, 0.4) is 0 Å². The van der Waals surface area contributed by atoms with Gasteiger partial charge in [-0.3, -0.25) is 4.99 Å². The third-order valence-electron chi connectivity index (χ3n) is 4.38. The quantitative estimate of drug-likeness (QED) is 0.662. The fourth-order valence-corrected chi connectivity index (χ4v) is 3.71. The Morgan fingerprint density at radius 3 is 2.62 bits per heavy atom. The highest BCUT2D eigenvalue weighted by Crippen LogP contribution is 2.29. The minimum absolute atomic E-state index is 0.564. The SMILES string of the molecule is CN=C(NCc1cnc(C)s1)NC1CCC(C(C)C)CC1. The minimum atomic E-state index is 0.564. The molecule has 21 heavy (non-hydrogen) atoms. The van der Waals surface area contributed by atoms with Crippen molar-refractivity contribution in [2.75, 3.05) is 7.05 Å². The Kier molecular flexibility index (Phi) is 6.03. The molecule has 1 saturated carbocycles. The van der Waals surface area contributed by atoms with Crippen molar-refractivity contribution in [1.82, 2.24) is 15.6 Å². The topological polar surface area (TPSA) is 49.3 Å². The van der Waals surface area contributed by atoms with Gasteiger partial charge in [0.2, 0.25) is 0 Å². The summed E-state index contributed by atoms with van der Waals surface area (Å²) in [7, 11) is 1.84. The van der Waals surface area contributed by atoms with Crippen molar-refractivity contribution in [3.05, 3.63) is 16.1 Å². The lowest BCUT2D eigenvalue weighted by molar-refractivity contribution is 0.250. The van der Waals surface area contributed by atoms with Gasteiger partial charge in [0, 0.05) is 24.2 Å². The van der Waals surface area contributed by atoms with Gasteiger partial charge in [0.1, 0.15) is 0 Å². The van der Waals surface area contributed by atoms with E-state index in [-0.39, 0.29) is 0 Å². The lowest BCUT2D eigenvalue weighted by Gasteiger charge is -2.32. The summed E-state index contributed by atoms with van der Waals surface area (Å²) in [5, 5.41) is 8.07. The number of aromatic nitrogens is 1. The van der Waals surface area contributed by atoms with E-state index in [4.69, 9.17) is 0 Å². The highest BCUT2D eigenvalue weighted by atomic mass is 32.1. The molecule has 0 aliphatic heterocycles. The maximum Gasteiger partial charge on any atom is 0.191 e. The molecule has 1 heterocycles. The van der Waals surface area contributed by atoms with E-state index in [0.717, 1.165) is 29.3 Å². The maximum absolute atomic E-state index is 4.34. The molecule has 1 aliphatic carbocycles. The van der Waals surface area contributed by atoms with Gasteiger partial charge in [-0.25, -0.2) is 4.98 Å². The number of thiazole rings is 1. The van der Waals surface area contributed by atoms with Crippen molar-refractivity contribution in [1.29, 1.82) is 0 Å². The molecule has 0 amide bonds. The molecule has 1 aromatic rings. The first kappa shape index (κ1) is 16.3. The first-order chi connectivity index (χ1) is 10.1. The number of nitrogens with zero attached hydrogens (tertiary/aromatic N) is 2. The molecule has 2 rings (SSSR count). The molecular formula is C16H28N4S. The highest BCUT2D eigenvalue weighted by Gasteiger charge is 2.23. The zero-order valence-corrected chi connectivity index (χ0v) is 14.5. The predicted molar refractivity (Wildman–Crippen MR) is 90.8 cm³/mol. The summed E-state index contributed by atoms with van der Waals surface area (Å²) in [6.07, 6.45) is 7.11. The predicted octanol–water partition coefficient (Wildman–Crippen LogP) is 3.33. The second kappa shape index (κ2) is 7.78. The Morgan fingerprint density at radius 2 is 2.10 bits per heavy atom.